The van der Waals surface area contributed by atoms with Crippen molar-refractivity contribution >= 4 is 11.9 Å². The molecular weight excluding hydrogens is 456 g/mol. The van der Waals surface area contributed by atoms with E-state index in [0.717, 1.165) is 51.4 Å². The summed E-state index contributed by atoms with van der Waals surface area (Å²) in [5.74, 6) is -0.0983. The molecule has 0 amide bonds. The number of carbonyl (C=O) groups is 2. The fourth-order valence-electron chi connectivity index (χ4n) is 3.63. The minimum absolute atomic E-state index is 0.0240. The molecule has 0 saturated carbocycles. The van der Waals surface area contributed by atoms with Crippen LogP contribution in [-0.2, 0) is 9.47 Å². The third-order valence-electron chi connectivity index (χ3n) is 6.23. The molecule has 0 fully saturated rings. The lowest BCUT2D eigenvalue weighted by Crippen LogP contribution is -2.14. The molecule has 0 radical (unpaired) electrons. The Kier molecular flexibility index (Phi) is 15.7. The van der Waals surface area contributed by atoms with Crippen LogP contribution in [-0.4, -0.2) is 35.4 Å². The maximum Gasteiger partial charge on any atom is 0.341 e. The number of benzene rings is 2. The maximum absolute atomic E-state index is 11.8. The van der Waals surface area contributed by atoms with Gasteiger partial charge in [-0.25, -0.2) is 9.59 Å². The number of hydrogen-bond acceptors (Lipinski definition) is 6. The molecule has 6 nitrogen and oxygen atoms in total. The first-order valence-electron chi connectivity index (χ1n) is 13.3. The zero-order valence-electron chi connectivity index (χ0n) is 22.4. The van der Waals surface area contributed by atoms with E-state index in [9.17, 15) is 19.8 Å². The standard InChI is InChI=1S/2C15H22O3/c2*1-3-5-8-12(4-2)11-18-15(17)13-9-6-7-10-14(13)16/h2*6-7,9-10,12,16H,3-5,8,11H2,1-2H3. The van der Waals surface area contributed by atoms with Crippen molar-refractivity contribution in [1.82, 2.24) is 0 Å². The van der Waals surface area contributed by atoms with Gasteiger partial charge in [-0.2, -0.15) is 0 Å². The molecule has 0 aliphatic carbocycles. The van der Waals surface area contributed by atoms with E-state index in [0.29, 0.717) is 25.0 Å². The van der Waals surface area contributed by atoms with Crippen LogP contribution in [0.3, 0.4) is 0 Å². The van der Waals surface area contributed by atoms with Gasteiger partial charge in [0.05, 0.1) is 13.2 Å². The molecule has 2 aromatic carbocycles. The average molecular weight is 501 g/mol. The van der Waals surface area contributed by atoms with Gasteiger partial charge in [-0.05, 0) is 48.9 Å². The number of unbranched alkanes of at least 4 members (excludes halogenated alkanes) is 2. The lowest BCUT2D eigenvalue weighted by atomic mass is 10.0. The number of para-hydroxylation sites is 2. The van der Waals surface area contributed by atoms with Gasteiger partial charge in [0.15, 0.2) is 0 Å². The highest BCUT2D eigenvalue weighted by Gasteiger charge is 2.15. The molecule has 2 unspecified atom stereocenters. The van der Waals surface area contributed by atoms with E-state index < -0.39 is 11.9 Å². The first-order chi connectivity index (χ1) is 17.4. The Hall–Kier alpha value is -3.02. The molecule has 0 aromatic heterocycles. The summed E-state index contributed by atoms with van der Waals surface area (Å²) in [7, 11) is 0. The minimum atomic E-state index is -0.442. The Morgan fingerprint density at radius 1 is 0.667 bits per heavy atom. The topological polar surface area (TPSA) is 93.1 Å². The zero-order valence-corrected chi connectivity index (χ0v) is 22.4. The van der Waals surface area contributed by atoms with Crippen LogP contribution in [0.15, 0.2) is 48.5 Å². The van der Waals surface area contributed by atoms with Crippen LogP contribution in [0.5, 0.6) is 11.5 Å². The maximum atomic E-state index is 11.8. The van der Waals surface area contributed by atoms with Crippen molar-refractivity contribution in [2.75, 3.05) is 13.2 Å². The molecule has 0 saturated heterocycles. The Morgan fingerprint density at radius 2 is 1.03 bits per heavy atom. The first kappa shape index (κ1) is 31.0. The lowest BCUT2D eigenvalue weighted by molar-refractivity contribution is 0.0416. The summed E-state index contributed by atoms with van der Waals surface area (Å²) in [6.45, 7) is 9.39. The summed E-state index contributed by atoms with van der Waals surface area (Å²) in [6, 6.07) is 12.9. The minimum Gasteiger partial charge on any atom is -0.507 e. The molecule has 200 valence electrons. The quantitative estimate of drug-likeness (QED) is 0.260. The van der Waals surface area contributed by atoms with Crippen LogP contribution in [0.1, 0.15) is 99.8 Å². The second-order valence-electron chi connectivity index (χ2n) is 9.06. The van der Waals surface area contributed by atoms with E-state index in [-0.39, 0.29) is 22.6 Å². The average Bonchev–Trinajstić information content (AvgIpc) is 2.89. The normalized spacial score (nSPS) is 12.1. The van der Waals surface area contributed by atoms with Crippen LogP contribution < -0.4 is 0 Å². The summed E-state index contributed by atoms with van der Waals surface area (Å²) in [5, 5.41) is 19.1. The first-order valence-corrected chi connectivity index (χ1v) is 13.3. The molecular formula is C30H44O6. The molecule has 0 bridgehead atoms. The van der Waals surface area contributed by atoms with Crippen molar-refractivity contribution in [3.63, 3.8) is 0 Å². The number of hydrogen-bond donors (Lipinski definition) is 2. The van der Waals surface area contributed by atoms with Gasteiger partial charge in [0.2, 0.25) is 0 Å². The number of carbonyl (C=O) groups excluding carboxylic acids is 2. The Bertz CT molecular complexity index is 821. The highest BCUT2D eigenvalue weighted by molar-refractivity contribution is 5.92. The number of phenolic OH excluding ortho intramolecular Hbond substituents is 2. The van der Waals surface area contributed by atoms with E-state index in [2.05, 4.69) is 27.7 Å². The third-order valence-corrected chi connectivity index (χ3v) is 6.23. The van der Waals surface area contributed by atoms with Gasteiger partial charge in [0, 0.05) is 0 Å². The van der Waals surface area contributed by atoms with Crippen molar-refractivity contribution in [1.29, 1.82) is 0 Å². The number of ether oxygens (including phenoxy) is 2. The van der Waals surface area contributed by atoms with E-state index in [1.165, 1.54) is 12.1 Å². The van der Waals surface area contributed by atoms with Gasteiger partial charge in [-0.3, -0.25) is 0 Å². The molecule has 0 aliphatic rings. The highest BCUT2D eigenvalue weighted by Crippen LogP contribution is 2.20. The molecule has 2 aromatic rings. The van der Waals surface area contributed by atoms with Crippen molar-refractivity contribution in [2.45, 2.75) is 79.1 Å². The SMILES string of the molecule is CCCCC(CC)COC(=O)c1ccccc1O.CCCCC(CC)COC(=O)c1ccccc1O. The van der Waals surface area contributed by atoms with Gasteiger partial charge < -0.3 is 19.7 Å². The molecule has 6 heteroatoms. The van der Waals surface area contributed by atoms with Gasteiger partial charge in [0.25, 0.3) is 0 Å². The fourth-order valence-corrected chi connectivity index (χ4v) is 3.63. The molecule has 2 N–H and O–H groups in total. The number of rotatable bonds is 14. The van der Waals surface area contributed by atoms with E-state index >= 15 is 0 Å². The highest BCUT2D eigenvalue weighted by atomic mass is 16.5. The number of phenols is 2. The second-order valence-corrected chi connectivity index (χ2v) is 9.06. The van der Waals surface area contributed by atoms with Crippen LogP contribution >= 0.6 is 0 Å². The molecule has 0 aliphatic heterocycles. The second kappa shape index (κ2) is 18.3. The number of esters is 2. The summed E-state index contributed by atoms with van der Waals surface area (Å²) in [4.78, 5) is 23.6. The smallest absolute Gasteiger partial charge is 0.341 e. The predicted molar refractivity (Wildman–Crippen MR) is 143 cm³/mol. The van der Waals surface area contributed by atoms with E-state index in [4.69, 9.17) is 9.47 Å². The monoisotopic (exact) mass is 500 g/mol. The molecule has 2 rings (SSSR count). The van der Waals surface area contributed by atoms with Crippen LogP contribution in [0.2, 0.25) is 0 Å². The summed E-state index contributed by atoms with van der Waals surface area (Å²) < 4.78 is 10.5. The Labute approximate surface area is 216 Å². The molecule has 36 heavy (non-hydrogen) atoms. The predicted octanol–water partition coefficient (Wildman–Crippen LogP) is 7.53. The van der Waals surface area contributed by atoms with E-state index in [1.54, 1.807) is 36.4 Å². The van der Waals surface area contributed by atoms with Gasteiger partial charge in [-0.15, -0.1) is 0 Å². The van der Waals surface area contributed by atoms with Gasteiger partial charge in [-0.1, -0.05) is 90.5 Å². The largest absolute Gasteiger partial charge is 0.507 e. The number of aromatic hydroxyl groups is 2. The van der Waals surface area contributed by atoms with E-state index in [1.807, 2.05) is 0 Å². The lowest BCUT2D eigenvalue weighted by Gasteiger charge is -2.14. The summed E-state index contributed by atoms with van der Waals surface area (Å²) >= 11 is 0. The van der Waals surface area contributed by atoms with Crippen molar-refractivity contribution in [2.24, 2.45) is 11.8 Å². The molecule has 0 heterocycles. The Balaban J connectivity index is 0.000000360. The molecule has 0 spiro atoms. The molecule has 2 atom stereocenters. The third kappa shape index (κ3) is 11.6. The summed E-state index contributed by atoms with van der Waals surface area (Å²) in [5.41, 5.74) is 0.477. The van der Waals surface area contributed by atoms with Crippen LogP contribution in [0, 0.1) is 11.8 Å². The van der Waals surface area contributed by atoms with Crippen molar-refractivity contribution in [3.8, 4) is 11.5 Å². The summed E-state index contributed by atoms with van der Waals surface area (Å²) in [6.07, 6.45) is 8.82. The Morgan fingerprint density at radius 3 is 1.33 bits per heavy atom. The van der Waals surface area contributed by atoms with Crippen LogP contribution in [0.25, 0.3) is 0 Å². The van der Waals surface area contributed by atoms with Crippen LogP contribution in [0.4, 0.5) is 0 Å². The van der Waals surface area contributed by atoms with Crippen molar-refractivity contribution in [3.05, 3.63) is 59.7 Å². The van der Waals surface area contributed by atoms with Gasteiger partial charge >= 0.3 is 11.9 Å². The fraction of sp³-hybridized carbons (Fsp3) is 0.533. The zero-order chi connectivity index (χ0) is 26.8. The van der Waals surface area contributed by atoms with Gasteiger partial charge in [0.1, 0.15) is 22.6 Å². The van der Waals surface area contributed by atoms with Crippen molar-refractivity contribution < 1.29 is 29.3 Å².